The summed E-state index contributed by atoms with van der Waals surface area (Å²) in [6.45, 7) is 1.48. The number of nitriles is 1. The molecule has 1 aliphatic heterocycles. The average molecular weight is 465 g/mol. The third kappa shape index (κ3) is 2.65. The standard InChI is InChI=1S/C21H13BrN4O4/c1-10-14(8-23)18(27)25(2)19(28)15(10)9-24-26-20(29)12-5-3-4-11-16(22)7-6-13(17(11)12)21(26)30/h3-7,9,28H,1-2H3/b24-9+. The maximum absolute atomic E-state index is 13.0. The van der Waals surface area contributed by atoms with Crippen LogP contribution in [-0.4, -0.2) is 32.7 Å². The van der Waals surface area contributed by atoms with Crippen molar-refractivity contribution in [3.63, 3.8) is 0 Å². The molecule has 4 rings (SSSR count). The molecule has 0 saturated heterocycles. The van der Waals surface area contributed by atoms with Gasteiger partial charge in [-0.2, -0.15) is 15.4 Å². The number of amides is 2. The molecular formula is C21H13BrN4O4. The molecular weight excluding hydrogens is 452 g/mol. The summed E-state index contributed by atoms with van der Waals surface area (Å²) in [5, 5.41) is 25.6. The maximum atomic E-state index is 13.0. The lowest BCUT2D eigenvalue weighted by atomic mass is 9.95. The van der Waals surface area contributed by atoms with Crippen molar-refractivity contribution in [3.8, 4) is 11.9 Å². The first kappa shape index (κ1) is 19.5. The molecule has 3 aromatic rings. The van der Waals surface area contributed by atoms with Crippen LogP contribution in [0, 0.1) is 18.3 Å². The third-order valence-corrected chi connectivity index (χ3v) is 5.79. The molecule has 2 aromatic carbocycles. The number of carbonyl (C=O) groups excluding carboxylic acids is 2. The average Bonchev–Trinajstić information content (AvgIpc) is 2.74. The first-order valence-electron chi connectivity index (χ1n) is 8.74. The Morgan fingerprint density at radius 1 is 1.13 bits per heavy atom. The molecule has 0 aliphatic carbocycles. The topological polar surface area (TPSA) is 116 Å². The van der Waals surface area contributed by atoms with Crippen LogP contribution in [0.4, 0.5) is 0 Å². The van der Waals surface area contributed by atoms with E-state index in [0.717, 1.165) is 20.6 Å². The number of imide groups is 1. The number of benzene rings is 2. The first-order valence-corrected chi connectivity index (χ1v) is 9.53. The number of halogens is 1. The molecule has 0 unspecified atom stereocenters. The van der Waals surface area contributed by atoms with Gasteiger partial charge in [-0.3, -0.25) is 19.0 Å². The van der Waals surface area contributed by atoms with E-state index >= 15 is 0 Å². The van der Waals surface area contributed by atoms with Crippen LogP contribution in [-0.2, 0) is 7.05 Å². The molecule has 2 amide bonds. The van der Waals surface area contributed by atoms with Crippen LogP contribution in [0.2, 0.25) is 0 Å². The van der Waals surface area contributed by atoms with Gasteiger partial charge in [-0.1, -0.05) is 28.1 Å². The summed E-state index contributed by atoms with van der Waals surface area (Å²) < 4.78 is 1.66. The summed E-state index contributed by atoms with van der Waals surface area (Å²) in [5.74, 6) is -1.66. The van der Waals surface area contributed by atoms with Crippen molar-refractivity contribution in [3.05, 3.63) is 73.0 Å². The molecule has 0 saturated carbocycles. The predicted octanol–water partition coefficient (Wildman–Crippen LogP) is 2.82. The van der Waals surface area contributed by atoms with E-state index in [9.17, 15) is 24.8 Å². The van der Waals surface area contributed by atoms with Crippen LogP contribution in [0.15, 0.2) is 44.7 Å². The molecule has 2 heterocycles. The van der Waals surface area contributed by atoms with Crippen molar-refractivity contribution >= 4 is 44.7 Å². The Morgan fingerprint density at radius 3 is 2.47 bits per heavy atom. The normalized spacial score (nSPS) is 13.3. The van der Waals surface area contributed by atoms with Gasteiger partial charge in [-0.25, -0.2) is 0 Å². The second-order valence-corrected chi connectivity index (χ2v) is 7.56. The van der Waals surface area contributed by atoms with E-state index in [1.54, 1.807) is 36.4 Å². The zero-order chi connectivity index (χ0) is 21.7. The van der Waals surface area contributed by atoms with E-state index in [0.29, 0.717) is 21.5 Å². The van der Waals surface area contributed by atoms with Gasteiger partial charge in [-0.15, -0.1) is 0 Å². The monoisotopic (exact) mass is 464 g/mol. The largest absolute Gasteiger partial charge is 0.494 e. The summed E-state index contributed by atoms with van der Waals surface area (Å²) in [7, 11) is 1.31. The van der Waals surface area contributed by atoms with Gasteiger partial charge in [-0.05, 0) is 36.1 Å². The summed E-state index contributed by atoms with van der Waals surface area (Å²) in [6.07, 6.45) is 1.10. The molecule has 1 N–H and O–H groups in total. The first-order chi connectivity index (χ1) is 14.3. The number of pyridine rings is 1. The number of hydrogen-bond acceptors (Lipinski definition) is 6. The molecule has 0 spiro atoms. The molecule has 1 aliphatic rings. The highest BCUT2D eigenvalue weighted by molar-refractivity contribution is 9.10. The molecule has 0 atom stereocenters. The summed E-state index contributed by atoms with van der Waals surface area (Å²) in [6, 6.07) is 10.3. The van der Waals surface area contributed by atoms with Crippen molar-refractivity contribution in [1.29, 1.82) is 5.26 Å². The van der Waals surface area contributed by atoms with E-state index in [4.69, 9.17) is 0 Å². The fraction of sp³-hybridized carbons (Fsp3) is 0.0952. The van der Waals surface area contributed by atoms with Gasteiger partial charge >= 0.3 is 0 Å². The fourth-order valence-electron chi connectivity index (χ4n) is 3.46. The molecule has 30 heavy (non-hydrogen) atoms. The Morgan fingerprint density at radius 2 is 1.80 bits per heavy atom. The van der Waals surface area contributed by atoms with E-state index in [2.05, 4.69) is 21.0 Å². The zero-order valence-electron chi connectivity index (χ0n) is 15.8. The highest BCUT2D eigenvalue weighted by Gasteiger charge is 2.33. The van der Waals surface area contributed by atoms with E-state index in [-0.39, 0.29) is 16.7 Å². The lowest BCUT2D eigenvalue weighted by Gasteiger charge is -2.23. The minimum atomic E-state index is -0.652. The minimum absolute atomic E-state index is 0.0639. The van der Waals surface area contributed by atoms with Crippen LogP contribution in [0.1, 0.15) is 37.4 Å². The van der Waals surface area contributed by atoms with Crippen LogP contribution in [0.3, 0.4) is 0 Å². The Balaban J connectivity index is 1.86. The number of carbonyl (C=O) groups is 2. The maximum Gasteiger partial charge on any atom is 0.282 e. The zero-order valence-corrected chi connectivity index (χ0v) is 17.4. The fourth-order valence-corrected chi connectivity index (χ4v) is 3.92. The SMILES string of the molecule is Cc1c(/C=N/N2C(=O)c3cccc4c(Br)ccc(c34)C2=O)c(O)n(C)c(=O)c1C#N. The number of nitrogens with zero attached hydrogens (tertiary/aromatic N) is 4. The molecule has 8 nitrogen and oxygen atoms in total. The number of hydrazone groups is 1. The van der Waals surface area contributed by atoms with Crippen molar-refractivity contribution in [2.75, 3.05) is 0 Å². The van der Waals surface area contributed by atoms with Gasteiger partial charge in [0.05, 0.1) is 22.9 Å². The van der Waals surface area contributed by atoms with Crippen LogP contribution >= 0.6 is 15.9 Å². The summed E-state index contributed by atoms with van der Waals surface area (Å²) >= 11 is 3.43. The molecule has 0 fully saturated rings. The minimum Gasteiger partial charge on any atom is -0.494 e. The van der Waals surface area contributed by atoms with E-state index in [1.807, 2.05) is 0 Å². The Kier molecular flexibility index (Phi) is 4.51. The van der Waals surface area contributed by atoms with Crippen LogP contribution < -0.4 is 5.56 Å². The van der Waals surface area contributed by atoms with Crippen molar-refractivity contribution in [2.24, 2.45) is 12.1 Å². The van der Waals surface area contributed by atoms with Crippen LogP contribution in [0.5, 0.6) is 5.88 Å². The second-order valence-electron chi connectivity index (χ2n) is 6.70. The van der Waals surface area contributed by atoms with Crippen LogP contribution in [0.25, 0.3) is 10.8 Å². The number of rotatable bonds is 2. The number of aromatic hydroxyl groups is 1. The molecule has 148 valence electrons. The molecule has 1 aromatic heterocycles. The third-order valence-electron chi connectivity index (χ3n) is 5.10. The van der Waals surface area contributed by atoms with Gasteiger partial charge in [0.25, 0.3) is 17.4 Å². The van der Waals surface area contributed by atoms with Gasteiger partial charge in [0.15, 0.2) is 0 Å². The summed E-state index contributed by atoms with van der Waals surface area (Å²) in [4.78, 5) is 38.0. The van der Waals surface area contributed by atoms with E-state index in [1.165, 1.54) is 14.0 Å². The van der Waals surface area contributed by atoms with Crippen molar-refractivity contribution < 1.29 is 14.7 Å². The Bertz CT molecular complexity index is 1390. The summed E-state index contributed by atoms with van der Waals surface area (Å²) in [5.41, 5.74) is 0.0903. The number of hydrogen-bond donors (Lipinski definition) is 1. The van der Waals surface area contributed by atoms with Crippen molar-refractivity contribution in [2.45, 2.75) is 6.92 Å². The predicted molar refractivity (Wildman–Crippen MR) is 113 cm³/mol. The molecule has 9 heteroatoms. The van der Waals surface area contributed by atoms with Crippen molar-refractivity contribution in [1.82, 2.24) is 9.58 Å². The quantitative estimate of drug-likeness (QED) is 0.462. The van der Waals surface area contributed by atoms with Gasteiger partial charge in [0.2, 0.25) is 5.88 Å². The van der Waals surface area contributed by atoms with Gasteiger partial charge in [0.1, 0.15) is 11.6 Å². The second kappa shape index (κ2) is 6.93. The number of aromatic nitrogens is 1. The smallest absolute Gasteiger partial charge is 0.282 e. The highest BCUT2D eigenvalue weighted by Crippen LogP contribution is 2.34. The lowest BCUT2D eigenvalue weighted by molar-refractivity contribution is 0.0616. The molecule has 0 radical (unpaired) electrons. The van der Waals surface area contributed by atoms with Gasteiger partial charge < -0.3 is 5.11 Å². The van der Waals surface area contributed by atoms with E-state index < -0.39 is 23.3 Å². The van der Waals surface area contributed by atoms with Gasteiger partial charge in [0, 0.05) is 16.9 Å². The highest BCUT2D eigenvalue weighted by atomic mass is 79.9. The molecule has 0 bridgehead atoms. The Hall–Kier alpha value is -3.77. The lowest BCUT2D eigenvalue weighted by Crippen LogP contribution is -2.36. The Labute approximate surface area is 178 Å².